The molecule has 0 amide bonds. The van der Waals surface area contributed by atoms with E-state index in [0.717, 1.165) is 30.7 Å². The van der Waals surface area contributed by atoms with Gasteiger partial charge in [0.1, 0.15) is 0 Å². The number of guanidine groups is 1. The zero-order valence-corrected chi connectivity index (χ0v) is 17.0. The molecule has 1 unspecified atom stereocenters. The van der Waals surface area contributed by atoms with Gasteiger partial charge in [0.15, 0.2) is 5.96 Å². The molecular weight excluding hydrogens is 405 g/mol. The van der Waals surface area contributed by atoms with Gasteiger partial charge in [0.05, 0.1) is 0 Å². The molecule has 1 aliphatic heterocycles. The fourth-order valence-corrected chi connectivity index (χ4v) is 3.98. The molecule has 0 aromatic heterocycles. The number of hydrogen-bond donors (Lipinski definition) is 2. The van der Waals surface area contributed by atoms with Gasteiger partial charge in [0.2, 0.25) is 0 Å². The van der Waals surface area contributed by atoms with Crippen LogP contribution in [0.2, 0.25) is 0 Å². The van der Waals surface area contributed by atoms with E-state index in [1.807, 2.05) is 7.05 Å². The molecule has 1 atom stereocenters. The van der Waals surface area contributed by atoms with Crippen molar-refractivity contribution in [3.8, 4) is 0 Å². The Balaban J connectivity index is 0.00000242. The smallest absolute Gasteiger partial charge is 0.191 e. The standard InChI is InChI=1S/C17H27N3S.HI/c1-13-9-14(2)11-15(10-13)6-7-19-17(18-3)20-12-16-5-4-8-21-16;/h9-11,16H,4-8,12H2,1-3H3,(H2,18,19,20);1H. The fraction of sp³-hybridized carbons (Fsp3) is 0.588. The lowest BCUT2D eigenvalue weighted by atomic mass is 10.1. The maximum Gasteiger partial charge on any atom is 0.191 e. The molecule has 1 heterocycles. The van der Waals surface area contributed by atoms with Crippen LogP contribution in [0.5, 0.6) is 0 Å². The zero-order chi connectivity index (χ0) is 15.1. The van der Waals surface area contributed by atoms with E-state index in [2.05, 4.69) is 59.4 Å². The lowest BCUT2D eigenvalue weighted by Gasteiger charge is -2.15. The first-order valence-electron chi connectivity index (χ1n) is 7.80. The van der Waals surface area contributed by atoms with Crippen molar-refractivity contribution in [1.29, 1.82) is 0 Å². The van der Waals surface area contributed by atoms with Gasteiger partial charge in [0.25, 0.3) is 0 Å². The summed E-state index contributed by atoms with van der Waals surface area (Å²) in [4.78, 5) is 4.30. The SMILES string of the molecule is CN=C(NCCc1cc(C)cc(C)c1)NCC1CCCS1.I. The van der Waals surface area contributed by atoms with Crippen LogP contribution in [0.1, 0.15) is 29.5 Å². The van der Waals surface area contributed by atoms with Crippen molar-refractivity contribution in [3.05, 3.63) is 34.9 Å². The minimum Gasteiger partial charge on any atom is -0.356 e. The molecule has 2 rings (SSSR count). The third-order valence-electron chi connectivity index (χ3n) is 3.73. The number of rotatable bonds is 5. The highest BCUT2D eigenvalue weighted by atomic mass is 127. The van der Waals surface area contributed by atoms with E-state index in [9.17, 15) is 0 Å². The van der Waals surface area contributed by atoms with Gasteiger partial charge in [-0.2, -0.15) is 11.8 Å². The van der Waals surface area contributed by atoms with Crippen LogP contribution in [0.15, 0.2) is 23.2 Å². The molecule has 5 heteroatoms. The van der Waals surface area contributed by atoms with E-state index in [-0.39, 0.29) is 24.0 Å². The van der Waals surface area contributed by atoms with Gasteiger partial charge in [-0.15, -0.1) is 24.0 Å². The highest BCUT2D eigenvalue weighted by Gasteiger charge is 2.15. The summed E-state index contributed by atoms with van der Waals surface area (Å²) in [5.41, 5.74) is 4.07. The molecule has 0 aliphatic carbocycles. The first kappa shape index (κ1) is 19.6. The second-order valence-electron chi connectivity index (χ2n) is 5.76. The summed E-state index contributed by atoms with van der Waals surface area (Å²) < 4.78 is 0. The van der Waals surface area contributed by atoms with Crippen molar-refractivity contribution < 1.29 is 0 Å². The number of thioether (sulfide) groups is 1. The van der Waals surface area contributed by atoms with E-state index >= 15 is 0 Å². The van der Waals surface area contributed by atoms with Gasteiger partial charge >= 0.3 is 0 Å². The van der Waals surface area contributed by atoms with E-state index in [4.69, 9.17) is 0 Å². The molecule has 0 spiro atoms. The molecule has 0 radical (unpaired) electrons. The highest BCUT2D eigenvalue weighted by molar-refractivity contribution is 14.0. The van der Waals surface area contributed by atoms with Crippen LogP contribution in [0.3, 0.4) is 0 Å². The molecule has 22 heavy (non-hydrogen) atoms. The topological polar surface area (TPSA) is 36.4 Å². The summed E-state index contributed by atoms with van der Waals surface area (Å²) in [6, 6.07) is 6.75. The second kappa shape index (κ2) is 10.4. The largest absolute Gasteiger partial charge is 0.356 e. The van der Waals surface area contributed by atoms with Crippen molar-refractivity contribution in [2.24, 2.45) is 4.99 Å². The van der Waals surface area contributed by atoms with E-state index < -0.39 is 0 Å². The molecule has 1 aliphatic rings. The molecule has 3 nitrogen and oxygen atoms in total. The Morgan fingerprint density at radius 1 is 1.23 bits per heavy atom. The average molecular weight is 433 g/mol. The number of aryl methyl sites for hydroxylation is 2. The maximum atomic E-state index is 4.30. The van der Waals surface area contributed by atoms with Crippen LogP contribution in [0, 0.1) is 13.8 Å². The van der Waals surface area contributed by atoms with Crippen LogP contribution in [-0.2, 0) is 6.42 Å². The monoisotopic (exact) mass is 433 g/mol. The quantitative estimate of drug-likeness (QED) is 0.424. The predicted molar refractivity (Wildman–Crippen MR) is 110 cm³/mol. The normalized spacial score (nSPS) is 18.0. The third kappa shape index (κ3) is 6.77. The van der Waals surface area contributed by atoms with E-state index in [1.165, 1.54) is 35.3 Å². The molecule has 124 valence electrons. The molecule has 0 saturated carbocycles. The Morgan fingerprint density at radius 2 is 1.95 bits per heavy atom. The Hall–Kier alpha value is -0.430. The second-order valence-corrected chi connectivity index (χ2v) is 7.17. The number of hydrogen-bond acceptors (Lipinski definition) is 2. The minimum atomic E-state index is 0. The summed E-state index contributed by atoms with van der Waals surface area (Å²) >= 11 is 2.07. The van der Waals surface area contributed by atoms with Gasteiger partial charge in [0, 0.05) is 25.4 Å². The third-order valence-corrected chi connectivity index (χ3v) is 5.13. The first-order valence-corrected chi connectivity index (χ1v) is 8.85. The molecular formula is C17H28IN3S. The Morgan fingerprint density at radius 3 is 2.55 bits per heavy atom. The van der Waals surface area contributed by atoms with Crippen LogP contribution >= 0.6 is 35.7 Å². The Bertz CT molecular complexity index is 465. The molecule has 1 aromatic rings. The van der Waals surface area contributed by atoms with E-state index in [0.29, 0.717) is 0 Å². The summed E-state index contributed by atoms with van der Waals surface area (Å²) in [5, 5.41) is 7.60. The molecule has 1 fully saturated rings. The van der Waals surface area contributed by atoms with Crippen molar-refractivity contribution in [2.75, 3.05) is 25.9 Å². The van der Waals surface area contributed by atoms with Gasteiger partial charge in [-0.1, -0.05) is 29.3 Å². The average Bonchev–Trinajstić information content (AvgIpc) is 2.94. The van der Waals surface area contributed by atoms with Gasteiger partial charge < -0.3 is 10.6 Å². The highest BCUT2D eigenvalue weighted by Crippen LogP contribution is 2.25. The minimum absolute atomic E-state index is 0. The van der Waals surface area contributed by atoms with Gasteiger partial charge in [-0.25, -0.2) is 0 Å². The number of benzene rings is 1. The predicted octanol–water partition coefficient (Wildman–Crippen LogP) is 3.52. The molecule has 2 N–H and O–H groups in total. The van der Waals surface area contributed by atoms with E-state index in [1.54, 1.807) is 0 Å². The summed E-state index contributed by atoms with van der Waals surface area (Å²) in [5.74, 6) is 2.23. The summed E-state index contributed by atoms with van der Waals surface area (Å²) in [7, 11) is 1.84. The lowest BCUT2D eigenvalue weighted by Crippen LogP contribution is -2.40. The molecule has 1 saturated heterocycles. The number of nitrogens with one attached hydrogen (secondary N) is 2. The van der Waals surface area contributed by atoms with Crippen LogP contribution in [-0.4, -0.2) is 37.1 Å². The van der Waals surface area contributed by atoms with Crippen molar-refractivity contribution >= 4 is 41.7 Å². The number of aliphatic imine (C=N–C) groups is 1. The van der Waals surface area contributed by atoms with Gasteiger partial charge in [-0.05, 0) is 44.4 Å². The number of nitrogens with zero attached hydrogens (tertiary/aromatic N) is 1. The Kier molecular flexibility index (Phi) is 9.24. The first-order chi connectivity index (χ1) is 10.2. The summed E-state index contributed by atoms with van der Waals surface area (Å²) in [6.07, 6.45) is 3.72. The maximum absolute atomic E-state index is 4.30. The number of halogens is 1. The van der Waals surface area contributed by atoms with Crippen LogP contribution in [0.25, 0.3) is 0 Å². The molecule has 0 bridgehead atoms. The lowest BCUT2D eigenvalue weighted by molar-refractivity contribution is 0.724. The van der Waals surface area contributed by atoms with Crippen molar-refractivity contribution in [3.63, 3.8) is 0 Å². The Labute approximate surface area is 156 Å². The zero-order valence-electron chi connectivity index (χ0n) is 13.8. The van der Waals surface area contributed by atoms with Crippen LogP contribution < -0.4 is 10.6 Å². The van der Waals surface area contributed by atoms with Crippen molar-refractivity contribution in [2.45, 2.75) is 38.4 Å². The summed E-state index contributed by atoms with van der Waals surface area (Å²) in [6.45, 7) is 6.25. The van der Waals surface area contributed by atoms with Gasteiger partial charge in [-0.3, -0.25) is 4.99 Å². The molecule has 1 aromatic carbocycles. The fourth-order valence-electron chi connectivity index (χ4n) is 2.78. The van der Waals surface area contributed by atoms with Crippen molar-refractivity contribution in [1.82, 2.24) is 10.6 Å². The van der Waals surface area contributed by atoms with Crippen LogP contribution in [0.4, 0.5) is 0 Å².